The first kappa shape index (κ1) is 15.6. The Labute approximate surface area is 96.1 Å². The Morgan fingerprint density at radius 2 is 1.33 bits per heavy atom. The molecule has 68 valence electrons. The largest absolute Gasteiger partial charge is 1.00 e. The summed E-state index contributed by atoms with van der Waals surface area (Å²) in [4.78, 5) is 0. The Kier molecular flexibility index (Phi) is 8.50. The molecular formula is C6H15NNaO3P. The maximum atomic E-state index is 11.1. The predicted molar refractivity (Wildman–Crippen MR) is 44.4 cm³/mol. The van der Waals surface area contributed by atoms with Crippen molar-refractivity contribution >= 4 is 7.75 Å². The minimum Gasteiger partial charge on any atom is -0.571 e. The van der Waals surface area contributed by atoms with E-state index in [9.17, 15) is 4.57 Å². The number of hydrogen-bond acceptors (Lipinski definition) is 3. The fourth-order valence-corrected chi connectivity index (χ4v) is 1.74. The van der Waals surface area contributed by atoms with E-state index in [2.05, 4.69) is 0 Å². The van der Waals surface area contributed by atoms with Gasteiger partial charge in [0, 0.05) is 0 Å². The number of rotatable bonds is 4. The van der Waals surface area contributed by atoms with Crippen LogP contribution in [0.2, 0.25) is 0 Å². The van der Waals surface area contributed by atoms with E-state index in [4.69, 9.17) is 14.6 Å². The van der Waals surface area contributed by atoms with Crippen molar-refractivity contribution in [2.45, 2.75) is 39.9 Å². The van der Waals surface area contributed by atoms with Gasteiger partial charge in [0.25, 0.3) is 0 Å². The third-order valence-corrected chi connectivity index (χ3v) is 2.10. The minimum atomic E-state index is -3.55. The van der Waals surface area contributed by atoms with E-state index in [1.54, 1.807) is 27.7 Å². The molecule has 0 unspecified atom stereocenters. The molecule has 6 heteroatoms. The van der Waals surface area contributed by atoms with Crippen LogP contribution >= 0.6 is 7.75 Å². The molecule has 0 aliphatic rings. The maximum absolute atomic E-state index is 11.1. The maximum Gasteiger partial charge on any atom is 1.00 e. The molecule has 12 heavy (non-hydrogen) atoms. The monoisotopic (exact) mass is 203 g/mol. The fourth-order valence-electron chi connectivity index (χ4n) is 0.580. The van der Waals surface area contributed by atoms with Gasteiger partial charge in [-0.15, -0.1) is 0 Å². The molecule has 1 N–H and O–H groups in total. The molecule has 0 amide bonds. The summed E-state index contributed by atoms with van der Waals surface area (Å²) < 4.78 is 20.6. The summed E-state index contributed by atoms with van der Waals surface area (Å²) in [7, 11) is -3.55. The van der Waals surface area contributed by atoms with Crippen molar-refractivity contribution in [2.75, 3.05) is 0 Å². The van der Waals surface area contributed by atoms with Crippen LogP contribution in [0.25, 0.3) is 5.50 Å². The molecule has 0 aromatic carbocycles. The van der Waals surface area contributed by atoms with E-state index in [0.717, 1.165) is 0 Å². The molecule has 0 radical (unpaired) electrons. The quantitative estimate of drug-likeness (QED) is 0.477. The van der Waals surface area contributed by atoms with Crippen LogP contribution in [-0.4, -0.2) is 12.2 Å². The fraction of sp³-hybridized carbons (Fsp3) is 1.00. The molecular weight excluding hydrogens is 188 g/mol. The zero-order valence-corrected chi connectivity index (χ0v) is 11.2. The second kappa shape index (κ2) is 6.55. The summed E-state index contributed by atoms with van der Waals surface area (Å²) in [6, 6.07) is 0. The molecule has 0 bridgehead atoms. The Morgan fingerprint density at radius 1 is 1.08 bits per heavy atom. The van der Waals surface area contributed by atoms with Gasteiger partial charge in [-0.1, -0.05) is 0 Å². The van der Waals surface area contributed by atoms with Crippen molar-refractivity contribution in [3.05, 3.63) is 5.50 Å². The molecule has 0 saturated heterocycles. The molecule has 0 rings (SSSR count). The summed E-state index contributed by atoms with van der Waals surface area (Å²) in [6.07, 6.45) is -0.478. The molecule has 0 aliphatic carbocycles. The summed E-state index contributed by atoms with van der Waals surface area (Å²) in [6.45, 7) is 6.85. The average molecular weight is 203 g/mol. The molecule has 0 atom stereocenters. The molecule has 4 nitrogen and oxygen atoms in total. The first-order chi connectivity index (χ1) is 4.83. The zero-order valence-electron chi connectivity index (χ0n) is 8.33. The van der Waals surface area contributed by atoms with Crippen LogP contribution in [0.4, 0.5) is 0 Å². The number of hydrogen-bond donors (Lipinski definition) is 0. The molecule has 0 aromatic heterocycles. The molecule has 0 fully saturated rings. The van der Waals surface area contributed by atoms with Crippen LogP contribution in [0.1, 0.15) is 27.7 Å². The molecule has 0 spiro atoms. The van der Waals surface area contributed by atoms with Crippen molar-refractivity contribution in [1.82, 2.24) is 0 Å². The summed E-state index contributed by atoms with van der Waals surface area (Å²) in [5.74, 6) is 0. The number of nitrogens with one attached hydrogen (secondary N) is 1. The second-order valence-corrected chi connectivity index (χ2v) is 4.22. The smallest absolute Gasteiger partial charge is 0.571 e. The van der Waals surface area contributed by atoms with Crippen LogP contribution in [-0.2, 0) is 13.6 Å². The van der Waals surface area contributed by atoms with Crippen LogP contribution in [0.5, 0.6) is 0 Å². The first-order valence-corrected chi connectivity index (χ1v) is 5.09. The van der Waals surface area contributed by atoms with Crippen molar-refractivity contribution in [3.8, 4) is 0 Å². The Bertz CT molecular complexity index is 149. The van der Waals surface area contributed by atoms with Crippen molar-refractivity contribution in [1.29, 1.82) is 0 Å². The summed E-state index contributed by atoms with van der Waals surface area (Å²) >= 11 is 0. The normalized spacial score (nSPS) is 11.9. The van der Waals surface area contributed by atoms with Gasteiger partial charge in [-0.3, -0.25) is 4.57 Å². The van der Waals surface area contributed by atoms with E-state index in [1.165, 1.54) is 0 Å². The average Bonchev–Trinajstić information content (AvgIpc) is 1.53. The van der Waals surface area contributed by atoms with E-state index >= 15 is 0 Å². The van der Waals surface area contributed by atoms with Crippen molar-refractivity contribution in [3.63, 3.8) is 0 Å². The third-order valence-electron chi connectivity index (χ3n) is 0.699. The van der Waals surface area contributed by atoms with Gasteiger partial charge in [0.05, 0.1) is 12.2 Å². The SMILES string of the molecule is CC(C)OP([NH-])(=O)OC(C)C.[Na+]. The van der Waals surface area contributed by atoms with Gasteiger partial charge in [-0.25, -0.2) is 0 Å². The van der Waals surface area contributed by atoms with Crippen LogP contribution in [0.15, 0.2) is 0 Å². The van der Waals surface area contributed by atoms with E-state index < -0.39 is 7.75 Å². The van der Waals surface area contributed by atoms with E-state index in [0.29, 0.717) is 0 Å². The molecule has 0 aromatic rings. The third kappa shape index (κ3) is 9.20. The van der Waals surface area contributed by atoms with E-state index in [-0.39, 0.29) is 41.8 Å². The van der Waals surface area contributed by atoms with Gasteiger partial charge in [0.1, 0.15) is 0 Å². The van der Waals surface area contributed by atoms with Crippen LogP contribution in [0.3, 0.4) is 0 Å². The predicted octanol–water partition coefficient (Wildman–Crippen LogP) is 0.000700. The Morgan fingerprint density at radius 3 is 1.50 bits per heavy atom. The van der Waals surface area contributed by atoms with Crippen molar-refractivity contribution < 1.29 is 43.2 Å². The van der Waals surface area contributed by atoms with Gasteiger partial charge in [0.15, 0.2) is 0 Å². The minimum absolute atomic E-state index is 0. The van der Waals surface area contributed by atoms with Gasteiger partial charge >= 0.3 is 29.6 Å². The Hall–Kier alpha value is 1.11. The van der Waals surface area contributed by atoms with Gasteiger partial charge in [-0.2, -0.15) is 0 Å². The van der Waals surface area contributed by atoms with Gasteiger partial charge < -0.3 is 14.6 Å². The first-order valence-electron chi connectivity index (χ1n) is 3.55. The molecule has 0 saturated carbocycles. The van der Waals surface area contributed by atoms with Crippen LogP contribution in [0, 0.1) is 0 Å². The van der Waals surface area contributed by atoms with Crippen molar-refractivity contribution in [2.24, 2.45) is 0 Å². The second-order valence-electron chi connectivity index (χ2n) is 2.81. The van der Waals surface area contributed by atoms with E-state index in [1.807, 2.05) is 0 Å². The van der Waals surface area contributed by atoms with Gasteiger partial charge in [0.2, 0.25) is 7.75 Å². The summed E-state index contributed by atoms with van der Waals surface area (Å²) in [5.41, 5.74) is 7.10. The Balaban J connectivity index is 0. The zero-order chi connectivity index (χ0) is 9.07. The summed E-state index contributed by atoms with van der Waals surface area (Å²) in [5, 5.41) is 0. The van der Waals surface area contributed by atoms with Gasteiger partial charge in [-0.05, 0) is 27.7 Å². The molecule has 0 heterocycles. The molecule has 0 aliphatic heterocycles. The standard InChI is InChI=1S/C6H15NO3P.Na/c1-5(2)9-11(7,8)10-6(3)4;/h5-6H,1-4H3,(H-,7,8);/q-1;+1. The topological polar surface area (TPSA) is 59.3 Å². The van der Waals surface area contributed by atoms with Crippen LogP contribution < -0.4 is 29.6 Å².